The molecule has 2 rings (SSSR count). The van der Waals surface area contributed by atoms with Crippen LogP contribution in [0.5, 0.6) is 0 Å². The minimum atomic E-state index is -4.40. The van der Waals surface area contributed by atoms with Crippen LogP contribution in [-0.4, -0.2) is 42.0 Å². The molecule has 1 N–H and O–H groups in total. The Hall–Kier alpha value is -1.53. The summed E-state index contributed by atoms with van der Waals surface area (Å²) in [4.78, 5) is 24.1. The molecule has 0 spiro atoms. The molecule has 1 fully saturated rings. The van der Waals surface area contributed by atoms with Crippen molar-refractivity contribution in [1.82, 2.24) is 10.2 Å². The number of allylic oxidation sites excluding steroid dienone is 1. The number of likely N-dealkylation sites (tertiary alicyclic amines) is 1. The topological polar surface area (TPSA) is 49.4 Å². The van der Waals surface area contributed by atoms with Crippen molar-refractivity contribution in [1.29, 1.82) is 0 Å². The van der Waals surface area contributed by atoms with Gasteiger partial charge < -0.3 is 10.2 Å². The summed E-state index contributed by atoms with van der Waals surface area (Å²) in [6.45, 7) is -1.31. The van der Waals surface area contributed by atoms with Crippen LogP contribution in [0.25, 0.3) is 0 Å². The van der Waals surface area contributed by atoms with Gasteiger partial charge in [-0.3, -0.25) is 9.59 Å². The predicted octanol–water partition coefficient (Wildman–Crippen LogP) is 2.16. The number of carbonyl (C=O) groups excluding carboxylic acids is 2. The Bertz CT molecular complexity index is 446. The lowest BCUT2D eigenvalue weighted by atomic mass is 9.97. The van der Waals surface area contributed by atoms with Gasteiger partial charge in [-0.2, -0.15) is 13.2 Å². The number of hydrogen-bond donors (Lipinski definition) is 1. The third-order valence-electron chi connectivity index (χ3n) is 3.72. The van der Waals surface area contributed by atoms with Crippen LogP contribution in [0.4, 0.5) is 13.2 Å². The molecule has 0 unspecified atom stereocenters. The fourth-order valence-electron chi connectivity index (χ4n) is 2.79. The maximum Gasteiger partial charge on any atom is 0.406 e. The highest BCUT2D eigenvalue weighted by atomic mass is 19.4. The molecule has 0 saturated carbocycles. The molecule has 1 aliphatic heterocycles. The van der Waals surface area contributed by atoms with Crippen LogP contribution in [0.2, 0.25) is 0 Å². The van der Waals surface area contributed by atoms with Gasteiger partial charge in [0.25, 0.3) is 0 Å². The van der Waals surface area contributed by atoms with Crippen molar-refractivity contribution in [3.8, 4) is 0 Å². The number of hydrogen-bond acceptors (Lipinski definition) is 2. The molecule has 1 atom stereocenters. The summed E-state index contributed by atoms with van der Waals surface area (Å²) in [6.07, 6.45) is 1.96. The van der Waals surface area contributed by atoms with Crippen molar-refractivity contribution in [3.63, 3.8) is 0 Å². The Morgan fingerprint density at radius 3 is 2.76 bits per heavy atom. The largest absolute Gasteiger partial charge is 0.406 e. The molecule has 1 heterocycles. The lowest BCUT2D eigenvalue weighted by Crippen LogP contribution is -2.39. The lowest BCUT2D eigenvalue weighted by molar-refractivity contribution is -0.157. The Kier molecular flexibility index (Phi) is 4.90. The quantitative estimate of drug-likeness (QED) is 0.809. The second-order valence-electron chi connectivity index (χ2n) is 5.64. The fraction of sp³-hybridized carbons (Fsp3) is 0.714. The maximum absolute atomic E-state index is 12.3. The van der Waals surface area contributed by atoms with E-state index in [-0.39, 0.29) is 25.3 Å². The van der Waals surface area contributed by atoms with Crippen molar-refractivity contribution in [2.75, 3.05) is 13.1 Å². The zero-order chi connectivity index (χ0) is 15.5. The first-order valence-electron chi connectivity index (χ1n) is 7.15. The normalized spacial score (nSPS) is 23.2. The van der Waals surface area contributed by atoms with Crippen molar-refractivity contribution in [3.05, 3.63) is 11.6 Å². The van der Waals surface area contributed by atoms with Gasteiger partial charge in [-0.1, -0.05) is 11.6 Å². The van der Waals surface area contributed by atoms with E-state index in [2.05, 4.69) is 11.4 Å². The average molecular weight is 304 g/mol. The van der Waals surface area contributed by atoms with Crippen LogP contribution in [0.3, 0.4) is 0 Å². The van der Waals surface area contributed by atoms with E-state index in [9.17, 15) is 22.8 Å². The van der Waals surface area contributed by atoms with Crippen molar-refractivity contribution in [2.24, 2.45) is 0 Å². The second kappa shape index (κ2) is 6.49. The van der Waals surface area contributed by atoms with Gasteiger partial charge in [-0.05, 0) is 25.7 Å². The van der Waals surface area contributed by atoms with Gasteiger partial charge in [0.05, 0.1) is 6.04 Å². The van der Waals surface area contributed by atoms with Gasteiger partial charge in [0.15, 0.2) is 0 Å². The molecule has 2 aliphatic rings. The van der Waals surface area contributed by atoms with Gasteiger partial charge in [0, 0.05) is 19.4 Å². The first-order chi connectivity index (χ1) is 9.83. The molecule has 0 aromatic heterocycles. The molecule has 21 heavy (non-hydrogen) atoms. The molecule has 0 radical (unpaired) electrons. The van der Waals surface area contributed by atoms with Gasteiger partial charge in [0.1, 0.15) is 6.54 Å². The molecule has 118 valence electrons. The molecule has 1 saturated heterocycles. The van der Waals surface area contributed by atoms with E-state index in [1.54, 1.807) is 0 Å². The highest BCUT2D eigenvalue weighted by Gasteiger charge is 2.38. The smallest absolute Gasteiger partial charge is 0.351 e. The Balaban J connectivity index is 1.80. The highest BCUT2D eigenvalue weighted by molar-refractivity contribution is 5.83. The minimum absolute atomic E-state index is 0.0547. The van der Waals surface area contributed by atoms with Crippen LogP contribution in [0.15, 0.2) is 11.6 Å². The Morgan fingerprint density at radius 2 is 2.14 bits per heavy atom. The van der Waals surface area contributed by atoms with Crippen molar-refractivity contribution in [2.45, 2.75) is 50.7 Å². The number of nitrogens with one attached hydrogen (secondary N) is 1. The fourth-order valence-corrected chi connectivity index (χ4v) is 2.79. The van der Waals surface area contributed by atoms with E-state index in [4.69, 9.17) is 0 Å². The summed E-state index contributed by atoms with van der Waals surface area (Å²) in [6, 6.07) is -0.517. The van der Waals surface area contributed by atoms with E-state index in [1.807, 2.05) is 0 Å². The molecule has 7 heteroatoms. The Morgan fingerprint density at radius 1 is 1.38 bits per heavy atom. The molecular formula is C14H19F3N2O2. The molecule has 0 bridgehead atoms. The molecule has 0 aromatic carbocycles. The third kappa shape index (κ3) is 5.06. The number of alkyl halides is 3. The van der Waals surface area contributed by atoms with E-state index in [0.717, 1.165) is 36.2 Å². The standard InChI is InChI=1S/C14H19F3N2O2/c15-14(16,17)9-19-8-11(7-13(19)21)18-12(20)6-10-4-2-1-3-5-10/h4,11H,1-3,5-9H2,(H,18,20)/t11-/m0/s1. The summed E-state index contributed by atoms with van der Waals surface area (Å²) in [7, 11) is 0. The molecule has 2 amide bonds. The van der Waals surface area contributed by atoms with Gasteiger partial charge in [-0.25, -0.2) is 0 Å². The third-order valence-corrected chi connectivity index (χ3v) is 3.72. The first kappa shape index (κ1) is 15.9. The zero-order valence-electron chi connectivity index (χ0n) is 11.7. The number of amides is 2. The van der Waals surface area contributed by atoms with Crippen LogP contribution < -0.4 is 5.32 Å². The van der Waals surface area contributed by atoms with Crippen molar-refractivity contribution >= 4 is 11.8 Å². The van der Waals surface area contributed by atoms with Crippen molar-refractivity contribution < 1.29 is 22.8 Å². The SMILES string of the molecule is O=C(CC1=CCCCC1)N[C@H]1CC(=O)N(CC(F)(F)F)C1. The first-order valence-corrected chi connectivity index (χ1v) is 7.15. The summed E-state index contributed by atoms with van der Waals surface area (Å²) in [5.41, 5.74) is 1.08. The molecule has 0 aromatic rings. The van der Waals surface area contributed by atoms with E-state index < -0.39 is 24.7 Å². The second-order valence-corrected chi connectivity index (χ2v) is 5.64. The lowest BCUT2D eigenvalue weighted by Gasteiger charge is -2.19. The zero-order valence-corrected chi connectivity index (χ0v) is 11.7. The van der Waals surface area contributed by atoms with Crippen LogP contribution in [0.1, 0.15) is 38.5 Å². The molecule has 4 nitrogen and oxygen atoms in total. The minimum Gasteiger partial charge on any atom is -0.351 e. The highest BCUT2D eigenvalue weighted by Crippen LogP contribution is 2.22. The van der Waals surface area contributed by atoms with Gasteiger partial charge in [-0.15, -0.1) is 0 Å². The summed E-state index contributed by atoms with van der Waals surface area (Å²) >= 11 is 0. The number of carbonyl (C=O) groups is 2. The Labute approximate surface area is 121 Å². The molecular weight excluding hydrogens is 285 g/mol. The maximum atomic E-state index is 12.3. The van der Waals surface area contributed by atoms with Gasteiger partial charge in [0.2, 0.25) is 11.8 Å². The van der Waals surface area contributed by atoms with Crippen LogP contribution in [-0.2, 0) is 9.59 Å². The van der Waals surface area contributed by atoms with Gasteiger partial charge >= 0.3 is 6.18 Å². The molecule has 1 aliphatic carbocycles. The summed E-state index contributed by atoms with van der Waals surface area (Å²) < 4.78 is 36.9. The number of halogens is 3. The summed E-state index contributed by atoms with van der Waals surface area (Å²) in [5.74, 6) is -0.774. The van der Waals surface area contributed by atoms with Crippen LogP contribution in [0, 0.1) is 0 Å². The van der Waals surface area contributed by atoms with E-state index >= 15 is 0 Å². The average Bonchev–Trinajstić information content (AvgIpc) is 2.68. The number of nitrogens with zero attached hydrogens (tertiary/aromatic N) is 1. The van der Waals surface area contributed by atoms with Crippen LogP contribution >= 0.6 is 0 Å². The summed E-state index contributed by atoms with van der Waals surface area (Å²) in [5, 5.41) is 2.66. The predicted molar refractivity (Wildman–Crippen MR) is 70.4 cm³/mol. The van der Waals surface area contributed by atoms with E-state index in [1.165, 1.54) is 0 Å². The number of rotatable bonds is 4. The monoisotopic (exact) mass is 304 g/mol. The van der Waals surface area contributed by atoms with E-state index in [0.29, 0.717) is 0 Å².